The minimum Gasteiger partial charge on any atom is -0.354 e. The largest absolute Gasteiger partial charge is 0.389 e. The minimum atomic E-state index is -4.08. The molecule has 1 aromatic rings. The van der Waals surface area contributed by atoms with Crippen molar-refractivity contribution in [3.05, 3.63) is 18.5 Å². The molecule has 0 amide bonds. The molecule has 78 valence electrons. The van der Waals surface area contributed by atoms with Crippen LogP contribution in [0.1, 0.15) is 12.8 Å². The lowest BCUT2D eigenvalue weighted by molar-refractivity contribution is -0.134. The quantitative estimate of drug-likeness (QED) is 0.766. The molecule has 1 aromatic heterocycles. The number of hydrogen-bond acceptors (Lipinski definition) is 3. The lowest BCUT2D eigenvalue weighted by Crippen LogP contribution is -2.11. The van der Waals surface area contributed by atoms with E-state index in [0.717, 1.165) is 0 Å². The maximum Gasteiger partial charge on any atom is 0.389 e. The number of halogens is 3. The van der Waals surface area contributed by atoms with E-state index in [1.54, 1.807) is 6.07 Å². The van der Waals surface area contributed by atoms with E-state index in [1.807, 2.05) is 0 Å². The van der Waals surface area contributed by atoms with E-state index in [0.29, 0.717) is 5.95 Å². The van der Waals surface area contributed by atoms with Gasteiger partial charge in [-0.25, -0.2) is 9.97 Å². The van der Waals surface area contributed by atoms with E-state index >= 15 is 0 Å². The van der Waals surface area contributed by atoms with E-state index in [1.165, 1.54) is 12.4 Å². The minimum absolute atomic E-state index is 0.0295. The first-order valence-electron chi connectivity index (χ1n) is 4.15. The number of nitrogens with zero attached hydrogens (tertiary/aromatic N) is 2. The smallest absolute Gasteiger partial charge is 0.354 e. The maximum atomic E-state index is 11.7. The Hall–Kier alpha value is -1.33. The Balaban J connectivity index is 2.17. The van der Waals surface area contributed by atoms with Crippen LogP contribution in [0.5, 0.6) is 0 Å². The fourth-order valence-electron chi connectivity index (χ4n) is 0.879. The molecule has 1 rings (SSSR count). The predicted octanol–water partition coefficient (Wildman–Crippen LogP) is 2.23. The second-order valence-corrected chi connectivity index (χ2v) is 2.72. The van der Waals surface area contributed by atoms with Crippen LogP contribution in [0.2, 0.25) is 0 Å². The summed E-state index contributed by atoms with van der Waals surface area (Å²) in [6, 6.07) is 1.64. The molecule has 0 saturated carbocycles. The van der Waals surface area contributed by atoms with Crippen LogP contribution in [0.25, 0.3) is 0 Å². The van der Waals surface area contributed by atoms with Gasteiger partial charge in [-0.3, -0.25) is 0 Å². The summed E-state index contributed by atoms with van der Waals surface area (Å²) >= 11 is 0. The molecule has 1 heterocycles. The van der Waals surface area contributed by atoms with E-state index in [9.17, 15) is 13.2 Å². The molecule has 0 radical (unpaired) electrons. The third kappa shape index (κ3) is 4.64. The molecular formula is C8H10F3N3. The zero-order valence-corrected chi connectivity index (χ0v) is 7.38. The van der Waals surface area contributed by atoms with E-state index in [-0.39, 0.29) is 13.0 Å². The zero-order valence-electron chi connectivity index (χ0n) is 7.38. The number of nitrogens with one attached hydrogen (secondary N) is 1. The zero-order chi connectivity index (χ0) is 10.4. The van der Waals surface area contributed by atoms with Gasteiger partial charge < -0.3 is 5.32 Å². The van der Waals surface area contributed by atoms with Gasteiger partial charge in [-0.1, -0.05) is 0 Å². The van der Waals surface area contributed by atoms with Crippen molar-refractivity contribution in [1.29, 1.82) is 0 Å². The molecular weight excluding hydrogens is 195 g/mol. The van der Waals surface area contributed by atoms with E-state index < -0.39 is 12.6 Å². The second kappa shape index (κ2) is 4.78. The van der Waals surface area contributed by atoms with Crippen molar-refractivity contribution in [2.75, 3.05) is 11.9 Å². The normalized spacial score (nSPS) is 11.4. The lowest BCUT2D eigenvalue weighted by atomic mass is 10.3. The Morgan fingerprint density at radius 3 is 2.43 bits per heavy atom. The number of rotatable bonds is 4. The van der Waals surface area contributed by atoms with Gasteiger partial charge in [0.05, 0.1) is 0 Å². The van der Waals surface area contributed by atoms with Crippen LogP contribution in [-0.4, -0.2) is 22.7 Å². The molecule has 14 heavy (non-hydrogen) atoms. The van der Waals surface area contributed by atoms with Crippen molar-refractivity contribution >= 4 is 5.95 Å². The van der Waals surface area contributed by atoms with Gasteiger partial charge in [0.15, 0.2) is 0 Å². The molecule has 0 atom stereocenters. The number of alkyl halides is 3. The van der Waals surface area contributed by atoms with Crippen molar-refractivity contribution in [3.8, 4) is 0 Å². The summed E-state index contributed by atoms with van der Waals surface area (Å²) in [7, 11) is 0. The summed E-state index contributed by atoms with van der Waals surface area (Å²) < 4.78 is 35.2. The topological polar surface area (TPSA) is 37.8 Å². The maximum absolute atomic E-state index is 11.7. The number of aromatic nitrogens is 2. The number of hydrogen-bond donors (Lipinski definition) is 1. The van der Waals surface area contributed by atoms with Gasteiger partial charge in [-0.15, -0.1) is 0 Å². The third-order valence-corrected chi connectivity index (χ3v) is 1.49. The molecule has 0 aliphatic carbocycles. The van der Waals surface area contributed by atoms with Crippen molar-refractivity contribution in [3.63, 3.8) is 0 Å². The van der Waals surface area contributed by atoms with Crippen LogP contribution in [0.4, 0.5) is 19.1 Å². The summed E-state index contributed by atoms with van der Waals surface area (Å²) in [4.78, 5) is 7.62. The molecule has 0 aliphatic rings. The average molecular weight is 205 g/mol. The van der Waals surface area contributed by atoms with Gasteiger partial charge in [-0.05, 0) is 12.5 Å². The van der Waals surface area contributed by atoms with Gasteiger partial charge in [0.2, 0.25) is 5.95 Å². The lowest BCUT2D eigenvalue weighted by Gasteiger charge is -2.06. The first kappa shape index (κ1) is 10.7. The van der Waals surface area contributed by atoms with Crippen LogP contribution in [0.15, 0.2) is 18.5 Å². The molecule has 1 N–H and O–H groups in total. The van der Waals surface area contributed by atoms with Crippen LogP contribution < -0.4 is 5.32 Å². The van der Waals surface area contributed by atoms with Crippen LogP contribution in [0.3, 0.4) is 0 Å². The highest BCUT2D eigenvalue weighted by Crippen LogP contribution is 2.20. The number of anilines is 1. The summed E-state index contributed by atoms with van der Waals surface area (Å²) in [5.41, 5.74) is 0. The van der Waals surface area contributed by atoms with Gasteiger partial charge in [0.1, 0.15) is 0 Å². The van der Waals surface area contributed by atoms with Gasteiger partial charge in [-0.2, -0.15) is 13.2 Å². The van der Waals surface area contributed by atoms with Crippen molar-refractivity contribution < 1.29 is 13.2 Å². The molecule has 6 heteroatoms. The van der Waals surface area contributed by atoms with Crippen molar-refractivity contribution in [2.45, 2.75) is 19.0 Å². The monoisotopic (exact) mass is 205 g/mol. The van der Waals surface area contributed by atoms with Crippen molar-refractivity contribution in [2.24, 2.45) is 0 Å². The molecule has 0 spiro atoms. The highest BCUT2D eigenvalue weighted by molar-refractivity contribution is 5.21. The predicted molar refractivity (Wildman–Crippen MR) is 45.8 cm³/mol. The molecule has 0 aliphatic heterocycles. The van der Waals surface area contributed by atoms with E-state index in [2.05, 4.69) is 15.3 Å². The summed E-state index contributed by atoms with van der Waals surface area (Å²) in [6.45, 7) is 0.226. The van der Waals surface area contributed by atoms with Gasteiger partial charge >= 0.3 is 6.18 Å². The van der Waals surface area contributed by atoms with Gasteiger partial charge in [0, 0.05) is 25.4 Å². The standard InChI is InChI=1S/C8H10F3N3/c9-8(10,11)3-1-4-12-7-13-5-2-6-14-7/h2,5-6H,1,3-4H2,(H,12,13,14). The second-order valence-electron chi connectivity index (χ2n) is 2.72. The van der Waals surface area contributed by atoms with Crippen LogP contribution >= 0.6 is 0 Å². The van der Waals surface area contributed by atoms with Crippen molar-refractivity contribution in [1.82, 2.24) is 9.97 Å². The molecule has 0 unspecified atom stereocenters. The van der Waals surface area contributed by atoms with Crippen LogP contribution in [-0.2, 0) is 0 Å². The molecule has 0 saturated heterocycles. The summed E-state index contributed by atoms with van der Waals surface area (Å²) in [6.07, 6.45) is -1.79. The molecule has 0 bridgehead atoms. The Kier molecular flexibility index (Phi) is 3.67. The SMILES string of the molecule is FC(F)(F)CCCNc1ncccn1. The van der Waals surface area contributed by atoms with E-state index in [4.69, 9.17) is 0 Å². The highest BCUT2D eigenvalue weighted by atomic mass is 19.4. The van der Waals surface area contributed by atoms with Gasteiger partial charge in [0.25, 0.3) is 0 Å². The van der Waals surface area contributed by atoms with Crippen LogP contribution in [0, 0.1) is 0 Å². The first-order chi connectivity index (χ1) is 6.58. The fraction of sp³-hybridized carbons (Fsp3) is 0.500. The highest BCUT2D eigenvalue weighted by Gasteiger charge is 2.25. The molecule has 0 fully saturated rings. The fourth-order valence-corrected chi connectivity index (χ4v) is 0.879. The summed E-state index contributed by atoms with van der Waals surface area (Å²) in [5, 5.41) is 2.70. The average Bonchev–Trinajstić information content (AvgIpc) is 2.13. The third-order valence-electron chi connectivity index (χ3n) is 1.49. The summed E-state index contributed by atoms with van der Waals surface area (Å²) in [5.74, 6) is 0.356. The Labute approximate surface area is 79.4 Å². The first-order valence-corrected chi connectivity index (χ1v) is 4.15. The molecule has 0 aromatic carbocycles. The Bertz CT molecular complexity index is 260. The Morgan fingerprint density at radius 2 is 1.86 bits per heavy atom. The Morgan fingerprint density at radius 1 is 1.21 bits per heavy atom. The molecule has 3 nitrogen and oxygen atoms in total.